The maximum atomic E-state index is 10.3. The molecule has 1 unspecified atom stereocenters. The molecule has 5 heteroatoms. The smallest absolute Gasteiger partial charge is 0.328 e. The predicted molar refractivity (Wildman–Crippen MR) is 38.3 cm³/mol. The van der Waals surface area contributed by atoms with Gasteiger partial charge in [-0.1, -0.05) is 11.6 Å². The van der Waals surface area contributed by atoms with Gasteiger partial charge in [0.25, 0.3) is 0 Å². The van der Waals surface area contributed by atoms with Crippen LogP contribution in [0.2, 0.25) is 5.02 Å². The van der Waals surface area contributed by atoms with Gasteiger partial charge in [-0.05, 0) is 0 Å². The van der Waals surface area contributed by atoms with E-state index in [4.69, 9.17) is 26.9 Å². The quantitative estimate of drug-likeness (QED) is 0.704. The second-order valence-electron chi connectivity index (χ2n) is 1.98. The van der Waals surface area contributed by atoms with Crippen LogP contribution in [0, 0.1) is 0 Å². The van der Waals surface area contributed by atoms with Gasteiger partial charge in [0.15, 0.2) is 6.04 Å². The van der Waals surface area contributed by atoms with Crippen molar-refractivity contribution >= 4 is 17.6 Å². The molecule has 0 radical (unpaired) electrons. The van der Waals surface area contributed by atoms with Crippen LogP contribution in [0.25, 0.3) is 0 Å². The van der Waals surface area contributed by atoms with Crippen LogP contribution >= 0.6 is 11.6 Å². The first kappa shape index (κ1) is 8.10. The van der Waals surface area contributed by atoms with Crippen molar-refractivity contribution in [2.75, 3.05) is 0 Å². The predicted octanol–water partition coefficient (Wildman–Crippen LogP) is 1.02. The van der Waals surface area contributed by atoms with E-state index in [1.807, 2.05) is 0 Å². The molecule has 1 aromatic heterocycles. The van der Waals surface area contributed by atoms with Crippen molar-refractivity contribution in [1.82, 2.24) is 0 Å². The number of hydrogen-bond acceptors (Lipinski definition) is 3. The van der Waals surface area contributed by atoms with Crippen LogP contribution in [0.1, 0.15) is 11.8 Å². The molecule has 0 aliphatic carbocycles. The Labute approximate surface area is 67.6 Å². The number of furan rings is 1. The lowest BCUT2D eigenvalue weighted by molar-refractivity contribution is -0.139. The lowest BCUT2D eigenvalue weighted by Crippen LogP contribution is -2.19. The van der Waals surface area contributed by atoms with E-state index < -0.39 is 12.0 Å². The summed E-state index contributed by atoms with van der Waals surface area (Å²) in [5.74, 6) is -0.987. The number of carboxylic acid groups (broad SMARTS) is 1. The lowest BCUT2D eigenvalue weighted by atomic mass is 10.2. The fourth-order valence-electron chi connectivity index (χ4n) is 0.613. The molecule has 0 bridgehead atoms. The summed E-state index contributed by atoms with van der Waals surface area (Å²) >= 11 is 5.47. The average molecular weight is 176 g/mol. The van der Waals surface area contributed by atoms with Crippen molar-refractivity contribution in [3.63, 3.8) is 0 Å². The number of aliphatic carboxylic acids is 1. The normalized spacial score (nSPS) is 12.9. The molecule has 1 aromatic rings. The molecule has 1 heterocycles. The Morgan fingerprint density at radius 3 is 2.82 bits per heavy atom. The second kappa shape index (κ2) is 2.94. The molecule has 0 amide bonds. The summed E-state index contributed by atoms with van der Waals surface area (Å²) in [6.07, 6.45) is 1.24. The van der Waals surface area contributed by atoms with Crippen LogP contribution in [0.3, 0.4) is 0 Å². The molecule has 60 valence electrons. The minimum Gasteiger partial charge on any atom is -0.480 e. The van der Waals surface area contributed by atoms with Crippen molar-refractivity contribution < 1.29 is 14.3 Å². The standard InChI is InChI=1S/C6H6ClNO3/c7-3-1-4(11-2-3)5(8)6(9)10/h1-2,5H,8H2,(H,9,10). The van der Waals surface area contributed by atoms with Crippen molar-refractivity contribution in [2.24, 2.45) is 5.73 Å². The van der Waals surface area contributed by atoms with Crippen molar-refractivity contribution in [1.29, 1.82) is 0 Å². The third-order valence-electron chi connectivity index (χ3n) is 1.16. The van der Waals surface area contributed by atoms with Gasteiger partial charge in [0, 0.05) is 6.07 Å². The molecule has 0 saturated heterocycles. The Hall–Kier alpha value is -1.00. The van der Waals surface area contributed by atoms with E-state index in [2.05, 4.69) is 0 Å². The van der Waals surface area contributed by atoms with Crippen molar-refractivity contribution in [3.8, 4) is 0 Å². The average Bonchev–Trinajstić information content (AvgIpc) is 2.34. The van der Waals surface area contributed by atoms with Crippen LogP contribution in [-0.2, 0) is 4.79 Å². The topological polar surface area (TPSA) is 76.5 Å². The molecular formula is C6H6ClNO3. The summed E-state index contributed by atoms with van der Waals surface area (Å²) in [7, 11) is 0. The van der Waals surface area contributed by atoms with Crippen LogP contribution in [0.15, 0.2) is 16.7 Å². The minimum absolute atomic E-state index is 0.155. The van der Waals surface area contributed by atoms with E-state index in [1.54, 1.807) is 0 Å². The van der Waals surface area contributed by atoms with Crippen LogP contribution in [0.4, 0.5) is 0 Å². The van der Waals surface area contributed by atoms with Crippen LogP contribution in [0.5, 0.6) is 0 Å². The fraction of sp³-hybridized carbons (Fsp3) is 0.167. The van der Waals surface area contributed by atoms with Crippen molar-refractivity contribution in [3.05, 3.63) is 23.1 Å². The minimum atomic E-state index is -1.14. The summed E-state index contributed by atoms with van der Waals surface area (Å²) in [6, 6.07) is 0.239. The highest BCUT2D eigenvalue weighted by Crippen LogP contribution is 2.18. The van der Waals surface area contributed by atoms with Gasteiger partial charge in [0.1, 0.15) is 12.0 Å². The molecule has 1 atom stereocenters. The number of carboxylic acids is 1. The zero-order valence-electron chi connectivity index (χ0n) is 5.45. The third kappa shape index (κ3) is 1.72. The Balaban J connectivity index is 2.84. The summed E-state index contributed by atoms with van der Waals surface area (Å²) < 4.78 is 4.75. The highest BCUT2D eigenvalue weighted by molar-refractivity contribution is 6.30. The van der Waals surface area contributed by atoms with E-state index in [-0.39, 0.29) is 5.76 Å². The van der Waals surface area contributed by atoms with Gasteiger partial charge in [-0.3, -0.25) is 4.79 Å². The van der Waals surface area contributed by atoms with E-state index in [0.717, 1.165) is 0 Å². The molecule has 11 heavy (non-hydrogen) atoms. The van der Waals surface area contributed by atoms with E-state index in [9.17, 15) is 4.79 Å². The largest absolute Gasteiger partial charge is 0.480 e. The first-order chi connectivity index (χ1) is 5.11. The van der Waals surface area contributed by atoms with Gasteiger partial charge in [-0.2, -0.15) is 0 Å². The highest BCUT2D eigenvalue weighted by Gasteiger charge is 2.17. The third-order valence-corrected chi connectivity index (χ3v) is 1.36. The molecule has 0 spiro atoms. The molecule has 0 aromatic carbocycles. The Bertz CT molecular complexity index is 271. The summed E-state index contributed by atoms with van der Waals surface area (Å²) in [6.45, 7) is 0. The molecule has 1 rings (SSSR count). The summed E-state index contributed by atoms with van der Waals surface area (Å²) in [5, 5.41) is 8.76. The van der Waals surface area contributed by atoms with E-state index in [0.29, 0.717) is 5.02 Å². The van der Waals surface area contributed by atoms with Crippen LogP contribution < -0.4 is 5.73 Å². The van der Waals surface area contributed by atoms with Gasteiger partial charge in [-0.15, -0.1) is 0 Å². The van der Waals surface area contributed by atoms with Gasteiger partial charge in [-0.25, -0.2) is 0 Å². The lowest BCUT2D eigenvalue weighted by Gasteiger charge is -1.99. The van der Waals surface area contributed by atoms with Gasteiger partial charge >= 0.3 is 5.97 Å². The Morgan fingerprint density at radius 2 is 2.45 bits per heavy atom. The van der Waals surface area contributed by atoms with Gasteiger partial charge in [0.05, 0.1) is 5.02 Å². The number of halogens is 1. The Morgan fingerprint density at radius 1 is 1.82 bits per heavy atom. The first-order valence-corrected chi connectivity index (χ1v) is 3.21. The summed E-state index contributed by atoms with van der Waals surface area (Å²) in [4.78, 5) is 10.3. The van der Waals surface area contributed by atoms with Crippen molar-refractivity contribution in [2.45, 2.75) is 6.04 Å². The molecular weight excluding hydrogens is 170 g/mol. The maximum Gasteiger partial charge on any atom is 0.328 e. The van der Waals surface area contributed by atoms with Gasteiger partial charge in [0.2, 0.25) is 0 Å². The SMILES string of the molecule is NC(C(=O)O)c1cc(Cl)co1. The zero-order chi connectivity index (χ0) is 8.43. The molecule has 0 saturated carbocycles. The summed E-state index contributed by atoms with van der Waals surface area (Å²) in [5.41, 5.74) is 5.20. The fourth-order valence-corrected chi connectivity index (χ4v) is 0.765. The first-order valence-electron chi connectivity index (χ1n) is 2.83. The van der Waals surface area contributed by atoms with E-state index in [1.165, 1.54) is 12.3 Å². The molecule has 3 N–H and O–H groups in total. The monoisotopic (exact) mass is 175 g/mol. The molecule has 4 nitrogen and oxygen atoms in total. The molecule has 0 aliphatic heterocycles. The molecule has 0 fully saturated rings. The van der Waals surface area contributed by atoms with E-state index >= 15 is 0 Å². The number of nitrogens with two attached hydrogens (primary N) is 1. The molecule has 0 aliphatic rings. The van der Waals surface area contributed by atoms with Crippen LogP contribution in [-0.4, -0.2) is 11.1 Å². The number of hydrogen-bond donors (Lipinski definition) is 2. The number of rotatable bonds is 2. The van der Waals surface area contributed by atoms with Gasteiger partial charge < -0.3 is 15.3 Å². The zero-order valence-corrected chi connectivity index (χ0v) is 6.21. The second-order valence-corrected chi connectivity index (χ2v) is 2.42. The maximum absolute atomic E-state index is 10.3. The highest BCUT2D eigenvalue weighted by atomic mass is 35.5. The Kier molecular flexibility index (Phi) is 2.16. The number of carbonyl (C=O) groups is 1.